The van der Waals surface area contributed by atoms with Gasteiger partial charge in [0.2, 0.25) is 5.91 Å². The number of benzene rings is 2. The summed E-state index contributed by atoms with van der Waals surface area (Å²) >= 11 is 1.27. The first kappa shape index (κ1) is 24.3. The summed E-state index contributed by atoms with van der Waals surface area (Å²) < 4.78 is 1.53. The van der Waals surface area contributed by atoms with Gasteiger partial charge in [-0.05, 0) is 35.2 Å². The van der Waals surface area contributed by atoms with Gasteiger partial charge in [0.1, 0.15) is 0 Å². The Morgan fingerprint density at radius 3 is 2.71 bits per heavy atom. The molecule has 0 spiro atoms. The molecule has 180 valence electrons. The van der Waals surface area contributed by atoms with Crippen LogP contribution in [0.1, 0.15) is 29.8 Å². The van der Waals surface area contributed by atoms with Crippen LogP contribution in [0.4, 0.5) is 5.13 Å². The van der Waals surface area contributed by atoms with E-state index in [1.165, 1.54) is 15.9 Å². The van der Waals surface area contributed by atoms with Crippen molar-refractivity contribution in [3.63, 3.8) is 0 Å². The highest BCUT2D eigenvalue weighted by Gasteiger charge is 2.20. The molecular formula is C26H27N5O3S. The van der Waals surface area contributed by atoms with Crippen LogP contribution in [0.25, 0.3) is 22.0 Å². The zero-order valence-electron chi connectivity index (χ0n) is 19.8. The summed E-state index contributed by atoms with van der Waals surface area (Å²) in [6.45, 7) is 4.28. The van der Waals surface area contributed by atoms with Crippen LogP contribution in [0.3, 0.4) is 0 Å². The van der Waals surface area contributed by atoms with E-state index in [1.807, 2.05) is 43.5 Å². The number of aromatic nitrogens is 2. The van der Waals surface area contributed by atoms with E-state index in [0.29, 0.717) is 28.3 Å². The number of carbonyl (C=O) groups is 2. The number of nitrogens with one attached hydrogen (secondary N) is 2. The van der Waals surface area contributed by atoms with Crippen molar-refractivity contribution >= 4 is 39.1 Å². The molecule has 0 saturated heterocycles. The van der Waals surface area contributed by atoms with Gasteiger partial charge in [0, 0.05) is 47.1 Å². The minimum absolute atomic E-state index is 0.0824. The van der Waals surface area contributed by atoms with Crippen molar-refractivity contribution in [2.45, 2.75) is 19.3 Å². The highest BCUT2D eigenvalue weighted by molar-refractivity contribution is 7.14. The predicted molar refractivity (Wildman–Crippen MR) is 140 cm³/mol. The second-order valence-corrected chi connectivity index (χ2v) is 9.83. The zero-order chi connectivity index (χ0) is 25.2. The van der Waals surface area contributed by atoms with E-state index >= 15 is 0 Å². The number of carbonyl (C=O) groups excluding carboxylic acids is 2. The van der Waals surface area contributed by atoms with Crippen molar-refractivity contribution in [3.05, 3.63) is 81.6 Å². The number of hydrogen-bond donors (Lipinski definition) is 3. The Morgan fingerprint density at radius 1 is 1.14 bits per heavy atom. The number of nitrogens with zero attached hydrogens (tertiary/aromatic N) is 2. The molecule has 35 heavy (non-hydrogen) atoms. The van der Waals surface area contributed by atoms with Crippen LogP contribution in [0.15, 0.2) is 64.9 Å². The van der Waals surface area contributed by atoms with Gasteiger partial charge in [0.25, 0.3) is 11.5 Å². The largest absolute Gasteiger partial charge is 0.343 e. The molecule has 0 unspecified atom stereocenters. The predicted octanol–water partition coefficient (Wildman–Crippen LogP) is 3.27. The van der Waals surface area contributed by atoms with E-state index in [2.05, 4.69) is 15.6 Å². The molecule has 2 aromatic carbocycles. The number of rotatable bonds is 7. The lowest BCUT2D eigenvalue weighted by atomic mass is 9.84. The first-order valence-electron chi connectivity index (χ1n) is 11.1. The number of pyridine rings is 1. The summed E-state index contributed by atoms with van der Waals surface area (Å²) in [6.07, 6.45) is 1.73. The summed E-state index contributed by atoms with van der Waals surface area (Å²) in [5.41, 5.74) is 8.36. The van der Waals surface area contributed by atoms with Gasteiger partial charge in [0.05, 0.1) is 12.2 Å². The smallest absolute Gasteiger partial charge is 0.258 e. The normalized spacial score (nSPS) is 11.4. The number of anilines is 1. The standard InChI is InChI=1S/C26H27N5O3S/c1-26(2,15-27)19-6-4-5-18(11-19)23(33)28-13-22(32)30-25-29-21(14-35-25)17-8-7-16-9-10-31(3)24(34)20(16)12-17/h4-12,14H,13,15,27H2,1-3H3,(H,28,33)(H,29,30,32). The van der Waals surface area contributed by atoms with Crippen LogP contribution in [-0.2, 0) is 17.3 Å². The summed E-state index contributed by atoms with van der Waals surface area (Å²) in [5.74, 6) is -0.725. The molecule has 0 radical (unpaired) electrons. The van der Waals surface area contributed by atoms with Crippen molar-refractivity contribution < 1.29 is 9.59 Å². The summed E-state index contributed by atoms with van der Waals surface area (Å²) in [4.78, 5) is 41.8. The average Bonchev–Trinajstić information content (AvgIpc) is 3.33. The topological polar surface area (TPSA) is 119 Å². The third kappa shape index (κ3) is 5.31. The maximum Gasteiger partial charge on any atom is 0.258 e. The molecular weight excluding hydrogens is 462 g/mol. The summed E-state index contributed by atoms with van der Waals surface area (Å²) in [6, 6.07) is 14.7. The van der Waals surface area contributed by atoms with Gasteiger partial charge in [-0.15, -0.1) is 11.3 Å². The van der Waals surface area contributed by atoms with Gasteiger partial charge in [-0.25, -0.2) is 4.98 Å². The van der Waals surface area contributed by atoms with E-state index in [9.17, 15) is 14.4 Å². The van der Waals surface area contributed by atoms with E-state index in [4.69, 9.17) is 5.73 Å². The molecule has 2 aromatic heterocycles. The number of nitrogens with two attached hydrogens (primary N) is 1. The van der Waals surface area contributed by atoms with Crippen LogP contribution < -0.4 is 21.9 Å². The Labute approximate surface area is 206 Å². The van der Waals surface area contributed by atoms with Crippen LogP contribution in [-0.4, -0.2) is 34.5 Å². The molecule has 8 nitrogen and oxygen atoms in total. The van der Waals surface area contributed by atoms with Gasteiger partial charge in [-0.2, -0.15) is 0 Å². The molecule has 0 atom stereocenters. The molecule has 0 fully saturated rings. The van der Waals surface area contributed by atoms with Gasteiger partial charge >= 0.3 is 0 Å². The third-order valence-corrected chi connectivity index (χ3v) is 6.71. The molecule has 0 aliphatic heterocycles. The molecule has 9 heteroatoms. The first-order chi connectivity index (χ1) is 16.7. The average molecular weight is 490 g/mol. The van der Waals surface area contributed by atoms with Crippen molar-refractivity contribution in [2.24, 2.45) is 12.8 Å². The molecule has 2 amide bonds. The van der Waals surface area contributed by atoms with Crippen molar-refractivity contribution in [3.8, 4) is 11.3 Å². The fourth-order valence-electron chi connectivity index (χ4n) is 3.59. The number of thiazole rings is 1. The number of aryl methyl sites for hydroxylation is 1. The SMILES string of the molecule is Cn1ccc2ccc(-c3csc(NC(=O)CNC(=O)c4cccc(C(C)(C)CN)c4)n3)cc2c1=O. The Morgan fingerprint density at radius 2 is 1.94 bits per heavy atom. The molecule has 2 heterocycles. The van der Waals surface area contributed by atoms with Crippen molar-refractivity contribution in [1.29, 1.82) is 0 Å². The van der Waals surface area contributed by atoms with E-state index in [0.717, 1.165) is 16.5 Å². The summed E-state index contributed by atoms with van der Waals surface area (Å²) in [5, 5.41) is 9.04. The lowest BCUT2D eigenvalue weighted by molar-refractivity contribution is -0.115. The summed E-state index contributed by atoms with van der Waals surface area (Å²) in [7, 11) is 1.71. The maximum absolute atomic E-state index is 12.6. The Bertz CT molecular complexity index is 1470. The second-order valence-electron chi connectivity index (χ2n) is 8.97. The molecule has 4 N–H and O–H groups in total. The Kier molecular flexibility index (Phi) is 6.81. The van der Waals surface area contributed by atoms with Crippen LogP contribution in [0.2, 0.25) is 0 Å². The maximum atomic E-state index is 12.6. The minimum Gasteiger partial charge on any atom is -0.343 e. The molecule has 4 aromatic rings. The lowest BCUT2D eigenvalue weighted by Crippen LogP contribution is -2.33. The highest BCUT2D eigenvalue weighted by atomic mass is 32.1. The highest BCUT2D eigenvalue weighted by Crippen LogP contribution is 2.27. The van der Waals surface area contributed by atoms with Gasteiger partial charge in [0.15, 0.2) is 5.13 Å². The van der Waals surface area contributed by atoms with Crippen LogP contribution in [0, 0.1) is 0 Å². The van der Waals surface area contributed by atoms with E-state index < -0.39 is 0 Å². The fourth-order valence-corrected chi connectivity index (χ4v) is 4.32. The Balaban J connectivity index is 1.40. The molecule has 0 bridgehead atoms. The molecule has 0 aliphatic carbocycles. The molecule has 0 aliphatic rings. The van der Waals surface area contributed by atoms with E-state index in [1.54, 1.807) is 37.5 Å². The van der Waals surface area contributed by atoms with Gasteiger partial charge in [-0.3, -0.25) is 14.4 Å². The van der Waals surface area contributed by atoms with Crippen molar-refractivity contribution in [1.82, 2.24) is 14.9 Å². The third-order valence-electron chi connectivity index (χ3n) is 5.95. The van der Waals surface area contributed by atoms with Crippen molar-refractivity contribution in [2.75, 3.05) is 18.4 Å². The fraction of sp³-hybridized carbons (Fsp3) is 0.231. The van der Waals surface area contributed by atoms with Crippen LogP contribution in [0.5, 0.6) is 0 Å². The number of hydrogen-bond acceptors (Lipinski definition) is 6. The van der Waals surface area contributed by atoms with Gasteiger partial charge < -0.3 is 20.9 Å². The monoisotopic (exact) mass is 489 g/mol. The molecule has 0 saturated carbocycles. The lowest BCUT2D eigenvalue weighted by Gasteiger charge is -2.23. The zero-order valence-corrected chi connectivity index (χ0v) is 20.6. The van der Waals surface area contributed by atoms with Crippen LogP contribution >= 0.6 is 11.3 Å². The molecule has 4 rings (SSSR count). The second kappa shape index (κ2) is 9.81. The quantitative estimate of drug-likeness (QED) is 0.368. The number of fused-ring (bicyclic) bond motifs is 1. The number of amides is 2. The van der Waals surface area contributed by atoms with E-state index in [-0.39, 0.29) is 29.3 Å². The first-order valence-corrected chi connectivity index (χ1v) is 12.0. The Hall–Kier alpha value is -3.82. The minimum atomic E-state index is -0.384. The van der Waals surface area contributed by atoms with Gasteiger partial charge in [-0.1, -0.05) is 38.1 Å².